The Hall–Kier alpha value is -2.02. The van der Waals surface area contributed by atoms with Crippen molar-refractivity contribution in [2.45, 2.75) is 0 Å². The third kappa shape index (κ3) is 2.99. The van der Waals surface area contributed by atoms with Crippen LogP contribution < -0.4 is 0 Å². The van der Waals surface area contributed by atoms with Crippen LogP contribution in [-0.4, -0.2) is 0 Å². The molecule has 78 valence electrons. The Balaban J connectivity index is 3.18. The minimum atomic E-state index is 0.204. The molecule has 0 saturated carbocycles. The topological polar surface area (TPSA) is 97.0 Å². The maximum atomic E-state index is 8.20. The van der Waals surface area contributed by atoms with Crippen LogP contribution in [-0.2, 0) is 0 Å². The van der Waals surface area contributed by atoms with E-state index in [4.69, 9.17) is 33.7 Å². The molecule has 8 heteroatoms. The number of hydrogen-bond donors (Lipinski definition) is 0. The minimum Gasteiger partial charge on any atom is -0.169 e. The van der Waals surface area contributed by atoms with E-state index >= 15 is 0 Å². The summed E-state index contributed by atoms with van der Waals surface area (Å²) in [5.74, 6) is 0. The van der Waals surface area contributed by atoms with Gasteiger partial charge in [0.25, 0.3) is 0 Å². The minimum absolute atomic E-state index is 0.204. The molecule has 0 saturated heterocycles. The van der Waals surface area contributed by atoms with Gasteiger partial charge in [0.2, 0.25) is 12.4 Å². The van der Waals surface area contributed by atoms with E-state index in [2.05, 4.69) is 20.5 Å². The summed E-state index contributed by atoms with van der Waals surface area (Å²) in [6.45, 7) is 0. The lowest BCUT2D eigenvalue weighted by Gasteiger charge is -1.99. The van der Waals surface area contributed by atoms with Crippen molar-refractivity contribution >= 4 is 34.6 Å². The standard InChI is InChI=1S/C8H2Cl2N6/c9-5-1-7(15-13-3-11)6(10)2-8(5)16-14-4-12/h1-2H. The van der Waals surface area contributed by atoms with Crippen molar-refractivity contribution in [3.63, 3.8) is 0 Å². The first-order valence-corrected chi connectivity index (χ1v) is 4.53. The van der Waals surface area contributed by atoms with E-state index < -0.39 is 0 Å². The average molecular weight is 253 g/mol. The lowest BCUT2D eigenvalue weighted by atomic mass is 10.3. The lowest BCUT2D eigenvalue weighted by Crippen LogP contribution is -1.71. The zero-order valence-electron chi connectivity index (χ0n) is 7.59. The SMILES string of the molecule is N#CN=Nc1cc(Cl)c(N=NC#N)cc1Cl. The van der Waals surface area contributed by atoms with Crippen molar-refractivity contribution in [1.29, 1.82) is 10.5 Å². The molecule has 1 rings (SSSR count). The molecule has 0 heterocycles. The number of nitrogens with zero attached hydrogens (tertiary/aromatic N) is 6. The molecule has 0 fully saturated rings. The van der Waals surface area contributed by atoms with Crippen molar-refractivity contribution in [2.75, 3.05) is 0 Å². The summed E-state index contributed by atoms with van der Waals surface area (Å²) < 4.78 is 0. The fourth-order valence-corrected chi connectivity index (χ4v) is 1.22. The van der Waals surface area contributed by atoms with Gasteiger partial charge >= 0.3 is 0 Å². The fraction of sp³-hybridized carbons (Fsp3) is 0. The normalized spacial score (nSPS) is 10.5. The van der Waals surface area contributed by atoms with Gasteiger partial charge in [-0.3, -0.25) is 0 Å². The van der Waals surface area contributed by atoms with Crippen molar-refractivity contribution < 1.29 is 0 Å². The van der Waals surface area contributed by atoms with E-state index in [9.17, 15) is 0 Å². The maximum Gasteiger partial charge on any atom is 0.226 e. The molecule has 0 aliphatic heterocycles. The van der Waals surface area contributed by atoms with Crippen LogP contribution in [0.15, 0.2) is 32.6 Å². The van der Waals surface area contributed by atoms with E-state index in [1.54, 1.807) is 0 Å². The second-order valence-electron chi connectivity index (χ2n) is 2.36. The molecular formula is C8H2Cl2N6. The van der Waals surface area contributed by atoms with Crippen LogP contribution in [0.3, 0.4) is 0 Å². The molecule has 0 amide bonds. The number of hydrogen-bond acceptors (Lipinski definition) is 6. The third-order valence-corrected chi connectivity index (χ3v) is 2.03. The van der Waals surface area contributed by atoms with Gasteiger partial charge in [-0.15, -0.1) is 10.2 Å². The van der Waals surface area contributed by atoms with Crippen LogP contribution >= 0.6 is 23.2 Å². The Kier molecular flexibility index (Phi) is 4.34. The molecule has 0 unspecified atom stereocenters. The highest BCUT2D eigenvalue weighted by molar-refractivity contribution is 6.36. The first-order chi connectivity index (χ1) is 7.69. The molecule has 6 nitrogen and oxygen atoms in total. The van der Waals surface area contributed by atoms with E-state index in [0.717, 1.165) is 0 Å². The summed E-state index contributed by atoms with van der Waals surface area (Å²) in [6, 6.07) is 2.74. The molecule has 16 heavy (non-hydrogen) atoms. The van der Waals surface area contributed by atoms with E-state index in [0.29, 0.717) is 0 Å². The highest BCUT2D eigenvalue weighted by Gasteiger charge is 2.06. The zero-order chi connectivity index (χ0) is 12.0. The van der Waals surface area contributed by atoms with Crippen molar-refractivity contribution in [2.24, 2.45) is 20.5 Å². The molecule has 0 aromatic heterocycles. The van der Waals surface area contributed by atoms with Crippen molar-refractivity contribution in [1.82, 2.24) is 0 Å². The van der Waals surface area contributed by atoms with Crippen LogP contribution in [0.5, 0.6) is 0 Å². The smallest absolute Gasteiger partial charge is 0.169 e. The Labute approximate surface area is 100 Å². The summed E-state index contributed by atoms with van der Waals surface area (Å²) in [7, 11) is 0. The molecule has 0 aliphatic carbocycles. The molecule has 0 spiro atoms. The summed E-state index contributed by atoms with van der Waals surface area (Å²) in [6.07, 6.45) is 2.97. The summed E-state index contributed by atoms with van der Waals surface area (Å²) >= 11 is 11.6. The first kappa shape index (κ1) is 12.1. The largest absolute Gasteiger partial charge is 0.226 e. The molecule has 1 aromatic carbocycles. The summed E-state index contributed by atoms with van der Waals surface area (Å²) in [5, 5.41) is 30.1. The van der Waals surface area contributed by atoms with E-state index in [-0.39, 0.29) is 21.4 Å². The van der Waals surface area contributed by atoms with Gasteiger partial charge in [0, 0.05) is 0 Å². The van der Waals surface area contributed by atoms with E-state index in [1.807, 2.05) is 0 Å². The highest BCUT2D eigenvalue weighted by atomic mass is 35.5. The second kappa shape index (κ2) is 5.76. The Morgan fingerprint density at radius 1 is 0.875 bits per heavy atom. The summed E-state index contributed by atoms with van der Waals surface area (Å²) in [4.78, 5) is 0. The molecular weight excluding hydrogens is 251 g/mol. The van der Waals surface area contributed by atoms with Crippen molar-refractivity contribution in [3.05, 3.63) is 22.2 Å². The molecule has 0 aliphatic rings. The monoisotopic (exact) mass is 252 g/mol. The van der Waals surface area contributed by atoms with Crippen LogP contribution in [0.4, 0.5) is 11.4 Å². The van der Waals surface area contributed by atoms with Gasteiger partial charge in [-0.25, -0.2) is 0 Å². The van der Waals surface area contributed by atoms with Gasteiger partial charge in [-0.1, -0.05) is 33.4 Å². The molecule has 0 radical (unpaired) electrons. The van der Waals surface area contributed by atoms with E-state index in [1.165, 1.54) is 24.5 Å². The number of halogens is 2. The predicted octanol–water partition coefficient (Wildman–Crippen LogP) is 4.12. The number of rotatable bonds is 2. The van der Waals surface area contributed by atoms with Gasteiger partial charge in [0.1, 0.15) is 11.4 Å². The number of nitriles is 2. The van der Waals surface area contributed by atoms with Gasteiger partial charge < -0.3 is 0 Å². The van der Waals surface area contributed by atoms with Gasteiger partial charge in [-0.2, -0.15) is 10.5 Å². The zero-order valence-corrected chi connectivity index (χ0v) is 9.11. The quantitative estimate of drug-likeness (QED) is 0.584. The van der Waals surface area contributed by atoms with Gasteiger partial charge in [-0.05, 0) is 12.1 Å². The molecule has 0 bridgehead atoms. The Morgan fingerprint density at radius 2 is 1.25 bits per heavy atom. The average Bonchev–Trinajstić information content (AvgIpc) is 2.28. The number of benzene rings is 1. The summed E-state index contributed by atoms with van der Waals surface area (Å²) in [5.41, 5.74) is 0.480. The third-order valence-electron chi connectivity index (χ3n) is 1.42. The van der Waals surface area contributed by atoms with Crippen LogP contribution in [0.1, 0.15) is 0 Å². The van der Waals surface area contributed by atoms with Crippen LogP contribution in [0, 0.1) is 22.9 Å². The number of azo groups is 2. The maximum absolute atomic E-state index is 8.20. The highest BCUT2D eigenvalue weighted by Crippen LogP contribution is 2.36. The van der Waals surface area contributed by atoms with Gasteiger partial charge in [0.05, 0.1) is 10.0 Å². The predicted molar refractivity (Wildman–Crippen MR) is 56.7 cm³/mol. The molecule has 0 N–H and O–H groups in total. The Bertz CT molecular complexity index is 487. The van der Waals surface area contributed by atoms with Crippen LogP contribution in [0.25, 0.3) is 0 Å². The van der Waals surface area contributed by atoms with Crippen LogP contribution in [0.2, 0.25) is 10.0 Å². The molecule has 0 atom stereocenters. The molecule has 1 aromatic rings. The lowest BCUT2D eigenvalue weighted by molar-refractivity contribution is 1.21. The van der Waals surface area contributed by atoms with Crippen molar-refractivity contribution in [3.8, 4) is 12.4 Å². The fourth-order valence-electron chi connectivity index (χ4n) is 0.832. The van der Waals surface area contributed by atoms with Gasteiger partial charge in [0.15, 0.2) is 0 Å². The Morgan fingerprint density at radius 3 is 1.56 bits per heavy atom. The second-order valence-corrected chi connectivity index (χ2v) is 3.17. The first-order valence-electron chi connectivity index (χ1n) is 3.77.